The van der Waals surface area contributed by atoms with E-state index in [2.05, 4.69) is 44.9 Å². The zero-order valence-corrected chi connectivity index (χ0v) is 18.2. The van der Waals surface area contributed by atoms with Crippen LogP contribution in [0.3, 0.4) is 0 Å². The number of amides is 1. The molecule has 0 spiro atoms. The minimum absolute atomic E-state index is 0.0509. The molecule has 1 unspecified atom stereocenters. The maximum atomic E-state index is 11.5. The fraction of sp³-hybridized carbons (Fsp3) is 0.455. The molecule has 3 heterocycles. The van der Waals surface area contributed by atoms with Crippen molar-refractivity contribution in [3.63, 3.8) is 0 Å². The van der Waals surface area contributed by atoms with Gasteiger partial charge < -0.3 is 20.7 Å². The third kappa shape index (κ3) is 4.93. The Balaban J connectivity index is 1.63. The highest BCUT2D eigenvalue weighted by atomic mass is 16.5. The summed E-state index contributed by atoms with van der Waals surface area (Å²) in [6.45, 7) is 7.99. The van der Waals surface area contributed by atoms with Gasteiger partial charge in [-0.3, -0.25) is 4.79 Å². The van der Waals surface area contributed by atoms with Crippen molar-refractivity contribution in [2.75, 3.05) is 23.7 Å². The van der Waals surface area contributed by atoms with Gasteiger partial charge in [0.25, 0.3) is 0 Å². The van der Waals surface area contributed by atoms with Gasteiger partial charge >= 0.3 is 6.01 Å². The van der Waals surface area contributed by atoms with E-state index in [1.165, 1.54) is 6.92 Å². The molecule has 164 valence electrons. The highest BCUT2D eigenvalue weighted by molar-refractivity contribution is 5.89. The number of benzene rings is 1. The number of hydrogen-bond donors (Lipinski definition) is 3. The molecule has 0 radical (unpaired) electrons. The molecule has 1 fully saturated rings. The van der Waals surface area contributed by atoms with Gasteiger partial charge in [0.05, 0.1) is 6.20 Å². The van der Waals surface area contributed by atoms with Gasteiger partial charge in [-0.25, -0.2) is 0 Å². The molecule has 0 aliphatic carbocycles. The summed E-state index contributed by atoms with van der Waals surface area (Å²) < 4.78 is 7.82. The van der Waals surface area contributed by atoms with Crippen LogP contribution in [0.4, 0.5) is 11.6 Å². The Hall–Kier alpha value is -3.20. The van der Waals surface area contributed by atoms with Gasteiger partial charge in [0, 0.05) is 31.3 Å². The predicted molar refractivity (Wildman–Crippen MR) is 119 cm³/mol. The van der Waals surface area contributed by atoms with Gasteiger partial charge in [0.1, 0.15) is 6.10 Å². The van der Waals surface area contributed by atoms with Crippen molar-refractivity contribution in [2.45, 2.75) is 52.2 Å². The van der Waals surface area contributed by atoms with Crippen LogP contribution in [0.1, 0.15) is 50.7 Å². The molecule has 1 atom stereocenters. The molecule has 4 rings (SSSR count). The van der Waals surface area contributed by atoms with E-state index in [9.17, 15) is 4.79 Å². The number of rotatable bonds is 7. The Bertz CT molecular complexity index is 1060. The standard InChI is InChI=1S/C22H29N7O2/c1-14(2)18-13-25-29-20(18)27-22(31-17-8-6-10-23-12-17)28-21(29)24-11-16-7-4-5-9-19(16)26-15(3)30/h4-5,7,9,13-14,17,23H,6,8,10-12H2,1-3H3,(H,26,30)(H,24,27,28). The van der Waals surface area contributed by atoms with Crippen LogP contribution >= 0.6 is 0 Å². The first kappa shape index (κ1) is 21.0. The van der Waals surface area contributed by atoms with Crippen LogP contribution in [0, 0.1) is 0 Å². The summed E-state index contributed by atoms with van der Waals surface area (Å²) in [5, 5.41) is 14.1. The fourth-order valence-corrected chi connectivity index (χ4v) is 3.68. The second kappa shape index (κ2) is 9.30. The number of nitrogens with one attached hydrogen (secondary N) is 3. The number of anilines is 2. The van der Waals surface area contributed by atoms with Gasteiger partial charge in [0.15, 0.2) is 5.65 Å². The predicted octanol–water partition coefficient (Wildman–Crippen LogP) is 2.95. The topological polar surface area (TPSA) is 105 Å². The van der Waals surface area contributed by atoms with Crippen molar-refractivity contribution in [1.29, 1.82) is 0 Å². The lowest BCUT2D eigenvalue weighted by atomic mass is 10.1. The first-order valence-corrected chi connectivity index (χ1v) is 10.7. The van der Waals surface area contributed by atoms with E-state index in [1.807, 2.05) is 30.5 Å². The van der Waals surface area contributed by atoms with Crippen LogP contribution in [0.25, 0.3) is 5.65 Å². The lowest BCUT2D eigenvalue weighted by molar-refractivity contribution is -0.114. The van der Waals surface area contributed by atoms with Crippen LogP contribution in [0.15, 0.2) is 30.5 Å². The Morgan fingerprint density at radius 3 is 2.90 bits per heavy atom. The van der Waals surface area contributed by atoms with Gasteiger partial charge in [-0.15, -0.1) is 0 Å². The summed E-state index contributed by atoms with van der Waals surface area (Å²) in [5.74, 6) is 0.709. The second-order valence-electron chi connectivity index (χ2n) is 8.10. The third-order valence-electron chi connectivity index (χ3n) is 5.29. The van der Waals surface area contributed by atoms with Crippen molar-refractivity contribution in [2.24, 2.45) is 0 Å². The zero-order chi connectivity index (χ0) is 21.8. The Morgan fingerprint density at radius 2 is 2.16 bits per heavy atom. The number of ether oxygens (including phenoxy) is 1. The molecular weight excluding hydrogens is 394 g/mol. The van der Waals surface area contributed by atoms with Gasteiger partial charge in [0.2, 0.25) is 11.9 Å². The van der Waals surface area contributed by atoms with Crippen molar-refractivity contribution >= 4 is 23.2 Å². The molecule has 1 aromatic carbocycles. The average molecular weight is 424 g/mol. The molecule has 3 aromatic rings. The minimum atomic E-state index is -0.109. The van der Waals surface area contributed by atoms with E-state index in [-0.39, 0.29) is 17.9 Å². The molecule has 31 heavy (non-hydrogen) atoms. The number of carbonyl (C=O) groups excluding carboxylic acids is 1. The normalized spacial score (nSPS) is 16.5. The van der Waals surface area contributed by atoms with E-state index in [1.54, 1.807) is 4.52 Å². The van der Waals surface area contributed by atoms with Crippen molar-refractivity contribution in [3.8, 4) is 6.01 Å². The maximum absolute atomic E-state index is 11.5. The Morgan fingerprint density at radius 1 is 1.32 bits per heavy atom. The van der Waals surface area contributed by atoms with Gasteiger partial charge in [-0.1, -0.05) is 32.0 Å². The molecule has 1 amide bonds. The maximum Gasteiger partial charge on any atom is 0.322 e. The SMILES string of the molecule is CC(=O)Nc1ccccc1CNc1nc(OC2CCCNC2)nc2c(C(C)C)cnn12. The molecule has 9 heteroatoms. The summed E-state index contributed by atoms with van der Waals surface area (Å²) in [5.41, 5.74) is 3.48. The average Bonchev–Trinajstić information content (AvgIpc) is 3.18. The number of fused-ring (bicyclic) bond motifs is 1. The zero-order valence-electron chi connectivity index (χ0n) is 18.2. The highest BCUT2D eigenvalue weighted by Gasteiger charge is 2.20. The molecule has 0 saturated carbocycles. The minimum Gasteiger partial charge on any atom is -0.459 e. The van der Waals surface area contributed by atoms with Crippen molar-refractivity contribution in [3.05, 3.63) is 41.6 Å². The van der Waals surface area contributed by atoms with Crippen LogP contribution < -0.4 is 20.7 Å². The van der Waals surface area contributed by atoms with E-state index in [4.69, 9.17) is 4.74 Å². The van der Waals surface area contributed by atoms with Crippen molar-refractivity contribution in [1.82, 2.24) is 24.9 Å². The number of aromatic nitrogens is 4. The molecule has 1 aliphatic heterocycles. The van der Waals surface area contributed by atoms with Gasteiger partial charge in [-0.2, -0.15) is 19.6 Å². The van der Waals surface area contributed by atoms with Crippen LogP contribution in [0.5, 0.6) is 6.01 Å². The lowest BCUT2D eigenvalue weighted by Gasteiger charge is -2.23. The highest BCUT2D eigenvalue weighted by Crippen LogP contribution is 2.24. The number of hydrogen-bond acceptors (Lipinski definition) is 7. The third-order valence-corrected chi connectivity index (χ3v) is 5.29. The quantitative estimate of drug-likeness (QED) is 0.536. The molecule has 0 bridgehead atoms. The summed E-state index contributed by atoms with van der Waals surface area (Å²) in [6, 6.07) is 8.02. The molecule has 9 nitrogen and oxygen atoms in total. The molecule has 2 aromatic heterocycles. The summed E-state index contributed by atoms with van der Waals surface area (Å²) in [7, 11) is 0. The monoisotopic (exact) mass is 423 g/mol. The Labute approximate surface area is 181 Å². The van der Waals surface area contributed by atoms with E-state index < -0.39 is 0 Å². The summed E-state index contributed by atoms with van der Waals surface area (Å²) >= 11 is 0. The largest absolute Gasteiger partial charge is 0.459 e. The molecule has 1 saturated heterocycles. The van der Waals surface area contributed by atoms with Gasteiger partial charge in [-0.05, 0) is 36.9 Å². The second-order valence-corrected chi connectivity index (χ2v) is 8.10. The molecular formula is C22H29N7O2. The van der Waals surface area contributed by atoms with E-state index in [0.717, 1.165) is 48.4 Å². The van der Waals surface area contributed by atoms with Crippen molar-refractivity contribution < 1.29 is 9.53 Å². The fourth-order valence-electron chi connectivity index (χ4n) is 3.68. The lowest BCUT2D eigenvalue weighted by Crippen LogP contribution is -2.37. The number of para-hydroxylation sites is 1. The summed E-state index contributed by atoms with van der Waals surface area (Å²) in [6.07, 6.45) is 3.93. The van der Waals surface area contributed by atoms with Crippen LogP contribution in [0.2, 0.25) is 0 Å². The number of carbonyl (C=O) groups is 1. The molecule has 1 aliphatic rings. The number of nitrogens with zero attached hydrogens (tertiary/aromatic N) is 4. The van der Waals surface area contributed by atoms with E-state index >= 15 is 0 Å². The first-order valence-electron chi connectivity index (χ1n) is 10.7. The molecule has 3 N–H and O–H groups in total. The first-order chi connectivity index (χ1) is 15.0. The summed E-state index contributed by atoms with van der Waals surface area (Å²) in [4.78, 5) is 20.8. The van der Waals surface area contributed by atoms with Crippen LogP contribution in [-0.4, -0.2) is 44.7 Å². The smallest absolute Gasteiger partial charge is 0.322 e. The van der Waals surface area contributed by atoms with Crippen LogP contribution in [-0.2, 0) is 11.3 Å². The van der Waals surface area contributed by atoms with E-state index in [0.29, 0.717) is 18.5 Å². The number of piperidine rings is 1. The Kier molecular flexibility index (Phi) is 6.31.